The number of methoxy groups -OCH3 is 1. The summed E-state index contributed by atoms with van der Waals surface area (Å²) >= 11 is 0. The molecular weight excluding hydrogens is 429 g/mol. The zero-order valence-electron chi connectivity index (χ0n) is 21.2. The van der Waals surface area contributed by atoms with Crippen LogP contribution in [0, 0.1) is 5.82 Å². The van der Waals surface area contributed by atoms with Gasteiger partial charge in [0.2, 0.25) is 0 Å². The second-order valence-electron chi connectivity index (χ2n) is 10.1. The lowest BCUT2D eigenvalue weighted by atomic mass is 10.1. The number of nitrogens with one attached hydrogen (secondary N) is 1. The molecule has 1 aromatic rings. The first-order chi connectivity index (χ1) is 14.6. The van der Waals surface area contributed by atoms with Crippen molar-refractivity contribution in [2.45, 2.75) is 97.0 Å². The van der Waals surface area contributed by atoms with Crippen molar-refractivity contribution in [2.75, 3.05) is 7.11 Å². The molecule has 1 aromatic carbocycles. The molecule has 0 aliphatic rings. The van der Waals surface area contributed by atoms with Crippen molar-refractivity contribution in [2.24, 2.45) is 0 Å². The minimum atomic E-state index is -2.23. The zero-order valence-corrected chi connectivity index (χ0v) is 22.2. The number of ether oxygens (including phenoxy) is 2. The monoisotopic (exact) mass is 469 g/mol. The van der Waals surface area contributed by atoms with Gasteiger partial charge in [0, 0.05) is 6.42 Å². The van der Waals surface area contributed by atoms with E-state index >= 15 is 0 Å². The molecule has 1 rings (SSSR count). The molecule has 0 radical (unpaired) electrons. The highest BCUT2D eigenvalue weighted by Crippen LogP contribution is 2.43. The molecule has 8 heteroatoms. The smallest absolute Gasteiger partial charge is 0.408 e. The molecule has 32 heavy (non-hydrogen) atoms. The Hall–Kier alpha value is -2.09. The summed E-state index contributed by atoms with van der Waals surface area (Å²) in [5.74, 6) is -0.593. The van der Waals surface area contributed by atoms with Gasteiger partial charge in [0.15, 0.2) is 0 Å². The topological polar surface area (TPSA) is 73.9 Å². The fourth-order valence-electron chi connectivity index (χ4n) is 4.33. The van der Waals surface area contributed by atoms with Crippen LogP contribution in [-0.2, 0) is 20.7 Å². The summed E-state index contributed by atoms with van der Waals surface area (Å²) in [6, 6.07) is 3.49. The molecule has 1 atom stereocenters. The normalized spacial score (nSPS) is 13.3. The van der Waals surface area contributed by atoms with Crippen LogP contribution >= 0.6 is 0 Å². The molecule has 0 aliphatic heterocycles. The van der Waals surface area contributed by atoms with Gasteiger partial charge in [-0.05, 0) is 61.2 Å². The summed E-state index contributed by atoms with van der Waals surface area (Å²) in [5, 5.41) is 2.49. The Bertz CT molecular complexity index is 767. The average Bonchev–Trinajstić information content (AvgIpc) is 2.64. The van der Waals surface area contributed by atoms with Crippen molar-refractivity contribution < 1.29 is 27.9 Å². The van der Waals surface area contributed by atoms with E-state index in [1.807, 2.05) is 0 Å². The molecule has 0 bridgehead atoms. The van der Waals surface area contributed by atoms with Gasteiger partial charge in [0.1, 0.15) is 23.2 Å². The van der Waals surface area contributed by atoms with E-state index in [0.29, 0.717) is 22.4 Å². The Morgan fingerprint density at radius 3 is 2.00 bits per heavy atom. The minimum absolute atomic E-state index is 0.0887. The van der Waals surface area contributed by atoms with Gasteiger partial charge in [-0.15, -0.1) is 0 Å². The Labute approximate surface area is 193 Å². The highest BCUT2D eigenvalue weighted by Gasteiger charge is 2.47. The maximum Gasteiger partial charge on any atom is 0.408 e. The molecule has 1 N–H and O–H groups in total. The molecule has 6 nitrogen and oxygen atoms in total. The molecule has 0 fully saturated rings. The van der Waals surface area contributed by atoms with E-state index < -0.39 is 37.8 Å². The molecule has 0 spiro atoms. The van der Waals surface area contributed by atoms with Crippen LogP contribution in [0.1, 0.15) is 67.9 Å². The lowest BCUT2D eigenvalue weighted by Crippen LogP contribution is -2.50. The van der Waals surface area contributed by atoms with Crippen molar-refractivity contribution in [3.8, 4) is 5.75 Å². The van der Waals surface area contributed by atoms with Crippen molar-refractivity contribution >= 4 is 20.4 Å². The maximum absolute atomic E-state index is 14.7. The Morgan fingerprint density at radius 2 is 1.56 bits per heavy atom. The summed E-state index contributed by atoms with van der Waals surface area (Å²) in [6.07, 6.45) is -0.860. The van der Waals surface area contributed by atoms with E-state index in [0.717, 1.165) is 0 Å². The predicted octanol–water partition coefficient (Wildman–Crippen LogP) is 5.99. The van der Waals surface area contributed by atoms with Gasteiger partial charge in [-0.1, -0.05) is 41.5 Å². The molecular formula is C24H40FNO5Si. The standard InChI is InChI=1S/C24H40FNO5Si/c1-15(2)32(16(3)4,17(5)6)31-19-11-12-20(25)18(13-19)14-21(22(27)29-10)26-23(28)30-24(7,8)9/h11-13,15-17,21H,14H2,1-10H3,(H,26,28)/t21-/m0/s1. The van der Waals surface area contributed by atoms with E-state index in [1.54, 1.807) is 32.9 Å². The highest BCUT2D eigenvalue weighted by molar-refractivity contribution is 6.78. The van der Waals surface area contributed by atoms with Gasteiger partial charge < -0.3 is 19.2 Å². The van der Waals surface area contributed by atoms with Crippen LogP contribution in [-0.4, -0.2) is 39.1 Å². The van der Waals surface area contributed by atoms with Crippen LogP contribution < -0.4 is 9.74 Å². The second-order valence-corrected chi connectivity index (χ2v) is 15.5. The number of hydrogen-bond acceptors (Lipinski definition) is 5. The first-order valence-corrected chi connectivity index (χ1v) is 13.3. The molecule has 0 saturated heterocycles. The zero-order chi connectivity index (χ0) is 24.9. The van der Waals surface area contributed by atoms with Gasteiger partial charge in [-0.3, -0.25) is 0 Å². The van der Waals surface area contributed by atoms with Crippen molar-refractivity contribution in [3.63, 3.8) is 0 Å². The highest BCUT2D eigenvalue weighted by atomic mass is 28.4. The number of alkyl carbamates (subject to hydrolysis) is 1. The fraction of sp³-hybridized carbons (Fsp3) is 0.667. The summed E-state index contributed by atoms with van der Waals surface area (Å²) in [6.45, 7) is 18.2. The average molecular weight is 470 g/mol. The number of halogens is 1. The molecule has 1 amide bonds. The number of amides is 1. The molecule has 0 aliphatic carbocycles. The Morgan fingerprint density at radius 1 is 1.03 bits per heavy atom. The van der Waals surface area contributed by atoms with Crippen molar-refractivity contribution in [1.29, 1.82) is 0 Å². The van der Waals surface area contributed by atoms with E-state index in [9.17, 15) is 14.0 Å². The number of benzene rings is 1. The lowest BCUT2D eigenvalue weighted by Gasteiger charge is -2.42. The first-order valence-electron chi connectivity index (χ1n) is 11.2. The van der Waals surface area contributed by atoms with E-state index in [2.05, 4.69) is 46.9 Å². The van der Waals surface area contributed by atoms with E-state index in [1.165, 1.54) is 13.2 Å². The van der Waals surface area contributed by atoms with Gasteiger partial charge in [-0.25, -0.2) is 14.0 Å². The van der Waals surface area contributed by atoms with Crippen LogP contribution in [0.4, 0.5) is 9.18 Å². The molecule has 0 heterocycles. The van der Waals surface area contributed by atoms with E-state index in [4.69, 9.17) is 13.9 Å². The third-order valence-corrected chi connectivity index (χ3v) is 11.6. The van der Waals surface area contributed by atoms with Crippen LogP contribution in [0.25, 0.3) is 0 Å². The van der Waals surface area contributed by atoms with Crippen LogP contribution in [0.3, 0.4) is 0 Å². The van der Waals surface area contributed by atoms with Crippen LogP contribution in [0.15, 0.2) is 18.2 Å². The third kappa shape index (κ3) is 7.22. The van der Waals surface area contributed by atoms with Gasteiger partial charge >= 0.3 is 12.1 Å². The first kappa shape index (κ1) is 27.9. The van der Waals surface area contributed by atoms with Crippen molar-refractivity contribution in [1.82, 2.24) is 5.32 Å². The summed E-state index contributed by atoms with van der Waals surface area (Å²) in [5.41, 5.74) is 0.587. The van der Waals surface area contributed by atoms with Gasteiger partial charge in [0.05, 0.1) is 7.11 Å². The van der Waals surface area contributed by atoms with Crippen LogP contribution in [0.5, 0.6) is 5.75 Å². The Kier molecular flexibility index (Phi) is 9.75. The number of hydrogen-bond donors (Lipinski definition) is 1. The molecule has 182 valence electrons. The second kappa shape index (κ2) is 11.2. The van der Waals surface area contributed by atoms with Gasteiger partial charge in [0.25, 0.3) is 8.32 Å². The summed E-state index contributed by atoms with van der Waals surface area (Å²) in [4.78, 5) is 24.5. The molecule has 0 aromatic heterocycles. The third-order valence-electron chi connectivity index (χ3n) is 5.62. The largest absolute Gasteiger partial charge is 0.543 e. The maximum atomic E-state index is 14.7. The number of carbonyl (C=O) groups is 2. The lowest BCUT2D eigenvalue weighted by molar-refractivity contribution is -0.143. The number of rotatable bonds is 9. The SMILES string of the molecule is COC(=O)[C@H](Cc1cc(O[Si](C(C)C)(C(C)C)C(C)C)ccc1F)NC(=O)OC(C)(C)C. The number of esters is 1. The quantitative estimate of drug-likeness (QED) is 0.355. The van der Waals surface area contributed by atoms with Gasteiger partial charge in [-0.2, -0.15) is 0 Å². The Balaban J connectivity index is 3.23. The fourth-order valence-corrected chi connectivity index (χ4v) is 9.58. The molecule has 0 unspecified atom stereocenters. The minimum Gasteiger partial charge on any atom is -0.543 e. The van der Waals surface area contributed by atoms with E-state index in [-0.39, 0.29) is 12.0 Å². The molecule has 0 saturated carbocycles. The summed E-state index contributed by atoms with van der Waals surface area (Å²) < 4.78 is 31.3. The van der Waals surface area contributed by atoms with Crippen molar-refractivity contribution in [3.05, 3.63) is 29.6 Å². The van der Waals surface area contributed by atoms with Crippen LogP contribution in [0.2, 0.25) is 16.6 Å². The summed E-state index contributed by atoms with van der Waals surface area (Å²) in [7, 11) is -1.02. The predicted molar refractivity (Wildman–Crippen MR) is 127 cm³/mol. The number of carbonyl (C=O) groups excluding carboxylic acids is 2.